The summed E-state index contributed by atoms with van der Waals surface area (Å²) in [6, 6.07) is -0.181. The van der Waals surface area contributed by atoms with E-state index in [2.05, 4.69) is 33.1 Å². The molecule has 5 rings (SSSR count). The molecule has 5 aliphatic heterocycles. The molecule has 9 nitrogen and oxygen atoms in total. The number of rotatable bonds is 0. The number of hydrogen-bond donors (Lipinski definition) is 4. The van der Waals surface area contributed by atoms with E-state index in [-0.39, 0.29) is 48.8 Å². The van der Waals surface area contributed by atoms with E-state index in [0.29, 0.717) is 18.9 Å². The van der Waals surface area contributed by atoms with Gasteiger partial charge in [-0.25, -0.2) is 4.79 Å². The van der Waals surface area contributed by atoms with Crippen LogP contribution in [0, 0.1) is 5.92 Å². The number of nitrogens with zero attached hydrogens (tertiary/aromatic N) is 2. The summed E-state index contributed by atoms with van der Waals surface area (Å²) >= 11 is 0. The Balaban J connectivity index is 1.47. The van der Waals surface area contributed by atoms with E-state index >= 15 is 0 Å². The van der Waals surface area contributed by atoms with Crippen LogP contribution >= 0.6 is 0 Å². The molecule has 5 aliphatic rings. The molecule has 2 bridgehead atoms. The van der Waals surface area contributed by atoms with Gasteiger partial charge >= 0.3 is 6.03 Å². The molecule has 2 amide bonds. The molecule has 0 aromatic carbocycles. The van der Waals surface area contributed by atoms with Gasteiger partial charge in [-0.05, 0) is 39.2 Å². The fourth-order valence-electron chi connectivity index (χ4n) is 5.49. The molecule has 5 saturated heterocycles. The highest BCUT2D eigenvalue weighted by atomic mass is 16.5. The maximum Gasteiger partial charge on any atom is 0.320 e. The zero-order valence-corrected chi connectivity index (χ0v) is 15.8. The number of carbonyl (C=O) groups is 2. The molecule has 6 unspecified atom stereocenters. The van der Waals surface area contributed by atoms with Gasteiger partial charge in [0.15, 0.2) is 0 Å². The number of fused-ring (bicyclic) bond motifs is 2. The van der Waals surface area contributed by atoms with Crippen molar-refractivity contribution in [2.24, 2.45) is 5.92 Å². The van der Waals surface area contributed by atoms with Gasteiger partial charge in [-0.15, -0.1) is 0 Å². The van der Waals surface area contributed by atoms with E-state index in [4.69, 9.17) is 4.74 Å². The Morgan fingerprint density at radius 2 is 2.00 bits per heavy atom. The van der Waals surface area contributed by atoms with Crippen molar-refractivity contribution >= 4 is 11.8 Å². The number of ketones is 1. The first-order valence-electron chi connectivity index (χ1n) is 10.4. The number of carbonyl (C=O) groups excluding carboxylic acids is 2. The van der Waals surface area contributed by atoms with Crippen LogP contribution in [0.2, 0.25) is 0 Å². The minimum Gasteiger partial charge on any atom is -0.358 e. The van der Waals surface area contributed by atoms with Crippen LogP contribution in [0.3, 0.4) is 0 Å². The third-order valence-electron chi connectivity index (χ3n) is 6.83. The first-order valence-corrected chi connectivity index (χ1v) is 10.4. The molecule has 5 heterocycles. The van der Waals surface area contributed by atoms with Crippen molar-refractivity contribution in [3.8, 4) is 0 Å². The van der Waals surface area contributed by atoms with Crippen LogP contribution in [-0.4, -0.2) is 78.2 Å². The van der Waals surface area contributed by atoms with E-state index in [0.717, 1.165) is 38.8 Å². The Kier molecular flexibility index (Phi) is 4.60. The zero-order chi connectivity index (χ0) is 18.5. The third-order valence-corrected chi connectivity index (χ3v) is 6.83. The molecular weight excluding hydrogens is 348 g/mol. The number of amides is 2. The predicted octanol–water partition coefficient (Wildman–Crippen LogP) is -0.692. The van der Waals surface area contributed by atoms with E-state index in [1.165, 1.54) is 0 Å². The molecule has 0 aromatic heterocycles. The van der Waals surface area contributed by atoms with Crippen LogP contribution in [0.25, 0.3) is 0 Å². The highest BCUT2D eigenvalue weighted by molar-refractivity contribution is 5.83. The van der Waals surface area contributed by atoms with Gasteiger partial charge < -0.3 is 10.1 Å². The number of nitrogens with one attached hydrogen (secondary N) is 4. The Bertz CT molecular complexity index is 618. The fourth-order valence-corrected chi connectivity index (χ4v) is 5.49. The SMILES string of the molecule is C[C@H]1CCCN2CCC(=O)C3CCC(NC32)N2C(=O)NC3NCNC(O1)C32. The highest BCUT2D eigenvalue weighted by Gasteiger charge is 2.52. The van der Waals surface area contributed by atoms with Gasteiger partial charge in [0.25, 0.3) is 0 Å². The van der Waals surface area contributed by atoms with Crippen molar-refractivity contribution in [1.29, 1.82) is 0 Å². The number of piperidine rings is 2. The maximum atomic E-state index is 12.8. The van der Waals surface area contributed by atoms with Crippen LogP contribution in [0.5, 0.6) is 0 Å². The van der Waals surface area contributed by atoms with Crippen molar-refractivity contribution < 1.29 is 14.3 Å². The molecule has 27 heavy (non-hydrogen) atoms. The topological polar surface area (TPSA) is 98.0 Å². The summed E-state index contributed by atoms with van der Waals surface area (Å²) < 4.78 is 6.33. The minimum atomic E-state index is -0.201. The summed E-state index contributed by atoms with van der Waals surface area (Å²) in [5.74, 6) is 0.417. The van der Waals surface area contributed by atoms with E-state index in [1.807, 2.05) is 4.90 Å². The largest absolute Gasteiger partial charge is 0.358 e. The Morgan fingerprint density at radius 1 is 1.11 bits per heavy atom. The van der Waals surface area contributed by atoms with Crippen molar-refractivity contribution in [2.75, 3.05) is 19.8 Å². The number of ether oxygens (including phenoxy) is 1. The molecule has 0 spiro atoms. The highest BCUT2D eigenvalue weighted by Crippen LogP contribution is 2.33. The minimum absolute atomic E-state index is 0.0375. The quantitative estimate of drug-likeness (QED) is 0.443. The number of urea groups is 1. The average molecular weight is 378 g/mol. The van der Waals surface area contributed by atoms with E-state index in [9.17, 15) is 9.59 Å². The normalized spacial score (nSPS) is 45.5. The lowest BCUT2D eigenvalue weighted by molar-refractivity contribution is -0.136. The summed E-state index contributed by atoms with van der Waals surface area (Å²) in [5, 5.41) is 13.4. The Morgan fingerprint density at radius 3 is 2.89 bits per heavy atom. The molecule has 0 aromatic rings. The Labute approximate surface area is 159 Å². The molecule has 4 N–H and O–H groups in total. The maximum absolute atomic E-state index is 12.8. The van der Waals surface area contributed by atoms with Gasteiger partial charge in [-0.2, -0.15) is 0 Å². The van der Waals surface area contributed by atoms with Crippen molar-refractivity contribution in [3.63, 3.8) is 0 Å². The average Bonchev–Trinajstić information content (AvgIpc) is 2.99. The molecule has 150 valence electrons. The van der Waals surface area contributed by atoms with Crippen molar-refractivity contribution in [2.45, 2.75) is 75.9 Å². The van der Waals surface area contributed by atoms with Crippen LogP contribution in [0.1, 0.15) is 39.0 Å². The van der Waals surface area contributed by atoms with E-state index in [1.54, 1.807) is 0 Å². The lowest BCUT2D eigenvalue weighted by Gasteiger charge is -2.50. The van der Waals surface area contributed by atoms with Gasteiger partial charge in [0.2, 0.25) is 0 Å². The Hall–Kier alpha value is -1.26. The molecular formula is C18H30N6O3. The number of hydrogen-bond acceptors (Lipinski definition) is 7. The molecule has 9 heteroatoms. The second-order valence-corrected chi connectivity index (χ2v) is 8.48. The monoisotopic (exact) mass is 378 g/mol. The lowest BCUT2D eigenvalue weighted by atomic mass is 9.84. The standard InChI is InChI=1S/C18H30N6O3/c1-10-3-2-7-23-8-6-12(25)11-4-5-13(21-16(11)23)24-14-15(22-18(24)26)19-9-20-17(14)27-10/h10-11,13-17,19-21H,2-9H2,1H3,(H,22,26)/t10-,11?,13?,14?,15?,16?,17?/m0/s1. The van der Waals surface area contributed by atoms with Gasteiger partial charge in [-0.1, -0.05) is 0 Å². The van der Waals surface area contributed by atoms with Gasteiger partial charge in [0.1, 0.15) is 24.2 Å². The van der Waals surface area contributed by atoms with E-state index < -0.39 is 0 Å². The number of Topliss-reactive ketones (excluding diaryl/α,β-unsaturated/α-hetero) is 1. The van der Waals surface area contributed by atoms with Gasteiger partial charge in [-0.3, -0.25) is 30.5 Å². The summed E-state index contributed by atoms with van der Waals surface area (Å²) in [4.78, 5) is 29.6. The fraction of sp³-hybridized carbons (Fsp3) is 0.889. The molecule has 5 fully saturated rings. The van der Waals surface area contributed by atoms with Gasteiger partial charge in [0, 0.05) is 25.6 Å². The predicted molar refractivity (Wildman–Crippen MR) is 97.3 cm³/mol. The summed E-state index contributed by atoms with van der Waals surface area (Å²) in [6.07, 6.45) is 4.03. The first-order chi connectivity index (χ1) is 13.1. The first kappa shape index (κ1) is 17.8. The zero-order valence-electron chi connectivity index (χ0n) is 15.8. The van der Waals surface area contributed by atoms with Crippen LogP contribution in [-0.2, 0) is 9.53 Å². The summed E-state index contributed by atoms with van der Waals surface area (Å²) in [5.41, 5.74) is 0. The van der Waals surface area contributed by atoms with Crippen molar-refractivity contribution in [3.05, 3.63) is 0 Å². The van der Waals surface area contributed by atoms with Crippen LogP contribution in [0.4, 0.5) is 4.79 Å². The molecule has 7 atom stereocenters. The van der Waals surface area contributed by atoms with Crippen molar-refractivity contribution in [1.82, 2.24) is 31.1 Å². The molecule has 0 aliphatic carbocycles. The molecule has 0 saturated carbocycles. The summed E-state index contributed by atoms with van der Waals surface area (Å²) in [7, 11) is 0. The van der Waals surface area contributed by atoms with Crippen LogP contribution in [0.15, 0.2) is 0 Å². The second kappa shape index (κ2) is 6.97. The third kappa shape index (κ3) is 3.05. The molecule has 0 radical (unpaired) electrons. The second-order valence-electron chi connectivity index (χ2n) is 8.48. The van der Waals surface area contributed by atoms with Crippen LogP contribution < -0.4 is 21.3 Å². The lowest BCUT2D eigenvalue weighted by Crippen LogP contribution is -2.70. The smallest absolute Gasteiger partial charge is 0.320 e. The summed E-state index contributed by atoms with van der Waals surface area (Å²) in [6.45, 7) is 4.48. The van der Waals surface area contributed by atoms with Gasteiger partial charge in [0.05, 0.1) is 18.4 Å².